The van der Waals surface area contributed by atoms with Gasteiger partial charge in [-0.05, 0) is 49.5 Å². The molecule has 0 aromatic heterocycles. The van der Waals surface area contributed by atoms with Crippen molar-refractivity contribution in [2.24, 2.45) is 0 Å². The molecular weight excluding hydrogens is 295 g/mol. The third-order valence-electron chi connectivity index (χ3n) is 1.37. The van der Waals surface area contributed by atoms with Gasteiger partial charge in [0.05, 0.1) is 0 Å². The van der Waals surface area contributed by atoms with Gasteiger partial charge in [-0.25, -0.2) is 0 Å². The van der Waals surface area contributed by atoms with E-state index in [1.165, 1.54) is 0 Å². The summed E-state index contributed by atoms with van der Waals surface area (Å²) in [6.07, 6.45) is 1.68. The Morgan fingerprint density at radius 3 is 1.69 bits per heavy atom. The Morgan fingerprint density at radius 1 is 1.08 bits per heavy atom. The molecule has 80 valence electrons. The molecule has 0 aliphatic carbocycles. The first-order valence-electron chi connectivity index (χ1n) is 4.94. The lowest BCUT2D eigenvalue weighted by Crippen LogP contribution is -2.39. The largest absolute Gasteiger partial charge is 0.408 e. The SMILES string of the molecule is CCC[Si](I)(OC(C)C)OC(C)C. The quantitative estimate of drug-likeness (QED) is 0.423. The van der Waals surface area contributed by atoms with Gasteiger partial charge in [0, 0.05) is 18.3 Å². The van der Waals surface area contributed by atoms with Crippen LogP contribution in [0.5, 0.6) is 0 Å². The maximum Gasteiger partial charge on any atom is 0.408 e. The lowest BCUT2D eigenvalue weighted by atomic mass is 10.5. The molecule has 0 rings (SSSR count). The Kier molecular flexibility index (Phi) is 6.79. The van der Waals surface area contributed by atoms with E-state index in [0.29, 0.717) is 0 Å². The van der Waals surface area contributed by atoms with Crippen molar-refractivity contribution in [3.8, 4) is 0 Å². The molecule has 0 N–H and O–H groups in total. The Bertz CT molecular complexity index is 130. The first-order chi connectivity index (χ1) is 5.89. The van der Waals surface area contributed by atoms with Gasteiger partial charge in [0.2, 0.25) is 0 Å². The zero-order valence-corrected chi connectivity index (χ0v) is 12.4. The molecule has 0 bridgehead atoms. The second-order valence-electron chi connectivity index (χ2n) is 3.74. The predicted octanol–water partition coefficient (Wildman–Crippen LogP) is 3.62. The van der Waals surface area contributed by atoms with Crippen molar-refractivity contribution in [2.45, 2.75) is 59.3 Å². The fourth-order valence-corrected chi connectivity index (χ4v) is 8.11. The minimum Gasteiger partial charge on any atom is -0.385 e. The van der Waals surface area contributed by atoms with Crippen LogP contribution in [0.2, 0.25) is 6.04 Å². The van der Waals surface area contributed by atoms with Crippen LogP contribution in [0.1, 0.15) is 41.0 Å². The van der Waals surface area contributed by atoms with Gasteiger partial charge < -0.3 is 8.85 Å². The first kappa shape index (κ1) is 13.9. The van der Waals surface area contributed by atoms with Crippen molar-refractivity contribution in [3.63, 3.8) is 0 Å². The van der Waals surface area contributed by atoms with Crippen molar-refractivity contribution in [1.29, 1.82) is 0 Å². The zero-order valence-electron chi connectivity index (χ0n) is 9.26. The van der Waals surface area contributed by atoms with Crippen molar-refractivity contribution in [1.82, 2.24) is 0 Å². The average Bonchev–Trinajstić information content (AvgIpc) is 1.81. The van der Waals surface area contributed by atoms with E-state index in [1.54, 1.807) is 0 Å². The van der Waals surface area contributed by atoms with Crippen LogP contribution in [-0.2, 0) is 8.85 Å². The summed E-state index contributed by atoms with van der Waals surface area (Å²) in [4.78, 5) is 0. The van der Waals surface area contributed by atoms with E-state index < -0.39 is 6.06 Å². The molecule has 0 heterocycles. The van der Waals surface area contributed by atoms with Crippen LogP contribution in [0.25, 0.3) is 0 Å². The highest BCUT2D eigenvalue weighted by Crippen LogP contribution is 2.26. The van der Waals surface area contributed by atoms with Crippen LogP contribution in [-0.4, -0.2) is 18.3 Å². The number of rotatable bonds is 6. The Labute approximate surface area is 95.8 Å². The van der Waals surface area contributed by atoms with Crippen molar-refractivity contribution in [2.75, 3.05) is 0 Å². The predicted molar refractivity (Wildman–Crippen MR) is 67.3 cm³/mol. The minimum absolute atomic E-state index is 0.272. The van der Waals surface area contributed by atoms with E-state index in [0.717, 1.165) is 12.5 Å². The van der Waals surface area contributed by atoms with Gasteiger partial charge >= 0.3 is 6.06 Å². The van der Waals surface area contributed by atoms with Crippen LogP contribution in [0.15, 0.2) is 0 Å². The van der Waals surface area contributed by atoms with Gasteiger partial charge in [0.25, 0.3) is 0 Å². The van der Waals surface area contributed by atoms with Gasteiger partial charge in [0.1, 0.15) is 0 Å². The maximum absolute atomic E-state index is 5.89. The summed E-state index contributed by atoms with van der Waals surface area (Å²) in [7, 11) is 0. The summed E-state index contributed by atoms with van der Waals surface area (Å²) in [6, 6.07) is -0.832. The van der Waals surface area contributed by atoms with Gasteiger partial charge in [-0.2, -0.15) is 0 Å². The van der Waals surface area contributed by atoms with Crippen LogP contribution in [0.3, 0.4) is 0 Å². The maximum atomic E-state index is 5.89. The molecule has 0 fully saturated rings. The van der Waals surface area contributed by atoms with E-state index in [4.69, 9.17) is 8.85 Å². The molecule has 0 saturated heterocycles. The fraction of sp³-hybridized carbons (Fsp3) is 1.00. The smallest absolute Gasteiger partial charge is 0.385 e. The van der Waals surface area contributed by atoms with Gasteiger partial charge in [-0.3, -0.25) is 0 Å². The fourth-order valence-electron chi connectivity index (χ4n) is 1.15. The van der Waals surface area contributed by atoms with Gasteiger partial charge in [-0.1, -0.05) is 13.3 Å². The van der Waals surface area contributed by atoms with Crippen LogP contribution in [0, 0.1) is 0 Å². The van der Waals surface area contributed by atoms with E-state index in [9.17, 15) is 0 Å². The molecule has 0 saturated carbocycles. The lowest BCUT2D eigenvalue weighted by molar-refractivity contribution is 0.126. The minimum atomic E-state index is -1.91. The highest BCUT2D eigenvalue weighted by atomic mass is 127. The lowest BCUT2D eigenvalue weighted by Gasteiger charge is -2.28. The summed E-state index contributed by atoms with van der Waals surface area (Å²) in [5.41, 5.74) is 0. The average molecular weight is 316 g/mol. The monoisotopic (exact) mass is 316 g/mol. The first-order valence-corrected chi connectivity index (χ1v) is 10.1. The van der Waals surface area contributed by atoms with Gasteiger partial charge in [-0.15, -0.1) is 0 Å². The van der Waals surface area contributed by atoms with Crippen LogP contribution in [0.4, 0.5) is 0 Å². The Hall–Kier alpha value is 0.867. The van der Waals surface area contributed by atoms with E-state index in [2.05, 4.69) is 56.4 Å². The molecule has 0 aromatic carbocycles. The summed E-state index contributed by atoms with van der Waals surface area (Å²) >= 11 is 2.40. The number of hydrogen-bond acceptors (Lipinski definition) is 2. The Balaban J connectivity index is 4.15. The molecule has 0 aromatic rings. The van der Waals surface area contributed by atoms with Crippen molar-refractivity contribution in [3.05, 3.63) is 0 Å². The standard InChI is InChI=1S/C9H21IO2Si/c1-6-7-13(10,11-8(2)3)12-9(4)5/h8-9H,6-7H2,1-5H3. The third kappa shape index (κ3) is 6.87. The highest BCUT2D eigenvalue weighted by molar-refractivity contribution is 14.1. The molecule has 0 aliphatic rings. The molecule has 13 heavy (non-hydrogen) atoms. The summed E-state index contributed by atoms with van der Waals surface area (Å²) in [5.74, 6) is 0. The third-order valence-corrected chi connectivity index (χ3v) is 7.26. The molecule has 0 aliphatic heterocycles. The summed E-state index contributed by atoms with van der Waals surface area (Å²) < 4.78 is 11.8. The molecule has 0 unspecified atom stereocenters. The van der Waals surface area contributed by atoms with Crippen molar-refractivity contribution >= 4 is 27.9 Å². The van der Waals surface area contributed by atoms with Crippen LogP contribution < -0.4 is 0 Å². The topological polar surface area (TPSA) is 18.5 Å². The van der Waals surface area contributed by atoms with E-state index in [-0.39, 0.29) is 12.2 Å². The highest BCUT2D eigenvalue weighted by Gasteiger charge is 2.35. The second kappa shape index (κ2) is 6.37. The molecule has 0 radical (unpaired) electrons. The molecule has 2 nitrogen and oxygen atoms in total. The normalized spacial score (nSPS) is 12.9. The second-order valence-corrected chi connectivity index (χ2v) is 11.0. The molecule has 4 heteroatoms. The molecular formula is C9H21IO2Si. The van der Waals surface area contributed by atoms with Crippen molar-refractivity contribution < 1.29 is 8.85 Å². The number of hydrogen-bond donors (Lipinski definition) is 0. The Morgan fingerprint density at radius 2 is 1.46 bits per heavy atom. The van der Waals surface area contributed by atoms with Crippen LogP contribution >= 0.6 is 21.8 Å². The zero-order chi connectivity index (χ0) is 10.5. The van der Waals surface area contributed by atoms with E-state index >= 15 is 0 Å². The van der Waals surface area contributed by atoms with Gasteiger partial charge in [0.15, 0.2) is 0 Å². The molecule has 0 spiro atoms. The molecule has 0 amide bonds. The summed E-state index contributed by atoms with van der Waals surface area (Å²) in [6.45, 7) is 10.5. The van der Waals surface area contributed by atoms with E-state index in [1.807, 2.05) is 0 Å². The summed E-state index contributed by atoms with van der Waals surface area (Å²) in [5, 5.41) is 0. The number of halogens is 1. The molecule has 0 atom stereocenters.